The second kappa shape index (κ2) is 14.6. The van der Waals surface area contributed by atoms with Gasteiger partial charge in [0.2, 0.25) is 0 Å². The van der Waals surface area contributed by atoms with Gasteiger partial charge < -0.3 is 9.80 Å². The molecule has 0 radical (unpaired) electrons. The predicted molar refractivity (Wildman–Crippen MR) is 190 cm³/mol. The van der Waals surface area contributed by atoms with E-state index >= 15 is 0 Å². The molecule has 0 spiro atoms. The Bertz CT molecular complexity index is 1480. The van der Waals surface area contributed by atoms with E-state index < -0.39 is 0 Å². The van der Waals surface area contributed by atoms with Crippen molar-refractivity contribution in [1.29, 1.82) is 0 Å². The van der Waals surface area contributed by atoms with Crippen molar-refractivity contribution in [1.82, 2.24) is 9.80 Å². The monoisotopic (exact) mass is 577 g/mol. The molecule has 0 N–H and O–H groups in total. The summed E-state index contributed by atoms with van der Waals surface area (Å²) in [5.74, 6) is 0.923. The van der Waals surface area contributed by atoms with Crippen molar-refractivity contribution in [2.24, 2.45) is 16.8 Å². The Kier molecular flexibility index (Phi) is 11.2. The third-order valence-corrected chi connectivity index (χ3v) is 10.3. The number of fused-ring (bicyclic) bond motifs is 2. The van der Waals surface area contributed by atoms with Gasteiger partial charge in [0.05, 0.1) is 0 Å². The van der Waals surface area contributed by atoms with Crippen molar-refractivity contribution in [3.05, 3.63) is 96.1 Å². The summed E-state index contributed by atoms with van der Waals surface area (Å²) in [5, 5.41) is 5.35. The Morgan fingerprint density at radius 2 is 1.12 bits per heavy atom. The molecule has 0 saturated heterocycles. The quantitative estimate of drug-likeness (QED) is 0.131. The van der Waals surface area contributed by atoms with Gasteiger partial charge in [0.25, 0.3) is 0 Å². The van der Waals surface area contributed by atoms with Crippen LogP contribution in [0.2, 0.25) is 0 Å². The lowest BCUT2D eigenvalue weighted by molar-refractivity contribution is 0.236. The highest BCUT2D eigenvalue weighted by Gasteiger charge is 2.40. The molecule has 0 aliphatic carbocycles. The zero-order valence-corrected chi connectivity index (χ0v) is 28.1. The smallest absolute Gasteiger partial charge is 0.0486 e. The van der Waals surface area contributed by atoms with E-state index in [1.54, 1.807) is 0 Å². The molecule has 43 heavy (non-hydrogen) atoms. The maximum absolute atomic E-state index is 5.61. The first kappa shape index (κ1) is 32.9. The molecule has 0 fully saturated rings. The maximum atomic E-state index is 5.61. The SMILES string of the molecule is CCC(C)C(C=NCC(CCN(C)C)(c1cccc2ccccc12)C(C)CC)(CCN(C)C)c1cccc2ccccc12. The van der Waals surface area contributed by atoms with E-state index in [0.29, 0.717) is 11.8 Å². The molecule has 0 saturated carbocycles. The topological polar surface area (TPSA) is 18.8 Å². The summed E-state index contributed by atoms with van der Waals surface area (Å²) in [7, 11) is 8.78. The second-order valence-corrected chi connectivity index (χ2v) is 13.4. The normalized spacial score (nSPS) is 16.6. The van der Waals surface area contributed by atoms with Crippen LogP contribution < -0.4 is 0 Å². The van der Waals surface area contributed by atoms with E-state index in [9.17, 15) is 0 Å². The maximum Gasteiger partial charge on any atom is 0.0486 e. The first-order valence-electron chi connectivity index (χ1n) is 16.5. The van der Waals surface area contributed by atoms with Crippen LogP contribution in [0, 0.1) is 11.8 Å². The van der Waals surface area contributed by atoms with Crippen molar-refractivity contribution >= 4 is 27.8 Å². The molecule has 0 aromatic heterocycles. The third-order valence-electron chi connectivity index (χ3n) is 10.3. The van der Waals surface area contributed by atoms with Gasteiger partial charge in [-0.25, -0.2) is 0 Å². The molecule has 4 aromatic carbocycles. The number of hydrogen-bond acceptors (Lipinski definition) is 3. The third kappa shape index (κ3) is 7.05. The highest BCUT2D eigenvalue weighted by Crippen LogP contribution is 2.44. The Labute approximate surface area is 262 Å². The lowest BCUT2D eigenvalue weighted by Crippen LogP contribution is -2.42. The number of benzene rings is 4. The van der Waals surface area contributed by atoms with Gasteiger partial charge in [-0.3, -0.25) is 4.99 Å². The van der Waals surface area contributed by atoms with Crippen LogP contribution in [0.5, 0.6) is 0 Å². The van der Waals surface area contributed by atoms with Crippen molar-refractivity contribution < 1.29 is 0 Å². The van der Waals surface area contributed by atoms with E-state index in [4.69, 9.17) is 4.99 Å². The van der Waals surface area contributed by atoms with Crippen LogP contribution in [0.15, 0.2) is 89.9 Å². The van der Waals surface area contributed by atoms with Crippen molar-refractivity contribution in [2.45, 2.75) is 64.2 Å². The summed E-state index contributed by atoms with van der Waals surface area (Å²) < 4.78 is 0. The Morgan fingerprint density at radius 3 is 1.67 bits per heavy atom. The summed E-state index contributed by atoms with van der Waals surface area (Å²) in [6, 6.07) is 31.6. The van der Waals surface area contributed by atoms with E-state index in [1.165, 1.54) is 32.7 Å². The first-order chi connectivity index (χ1) is 20.7. The van der Waals surface area contributed by atoms with Crippen LogP contribution in [0.3, 0.4) is 0 Å². The van der Waals surface area contributed by atoms with Gasteiger partial charge >= 0.3 is 0 Å². The van der Waals surface area contributed by atoms with Crippen molar-refractivity contribution in [2.75, 3.05) is 47.8 Å². The minimum Gasteiger partial charge on any atom is -0.309 e. The van der Waals surface area contributed by atoms with Crippen LogP contribution in [0.4, 0.5) is 0 Å². The Balaban J connectivity index is 1.92. The molecule has 0 bridgehead atoms. The van der Waals surface area contributed by atoms with E-state index in [2.05, 4.69) is 157 Å². The van der Waals surface area contributed by atoms with Gasteiger partial charge in [-0.1, -0.05) is 125 Å². The fourth-order valence-corrected chi connectivity index (χ4v) is 7.12. The summed E-state index contributed by atoms with van der Waals surface area (Å²) in [6.07, 6.45) is 6.73. The van der Waals surface area contributed by atoms with Crippen molar-refractivity contribution in [3.8, 4) is 0 Å². The number of aliphatic imine (C=N–C) groups is 1. The van der Waals surface area contributed by atoms with E-state index in [1.807, 2.05) is 0 Å². The van der Waals surface area contributed by atoms with Gasteiger partial charge in [-0.15, -0.1) is 0 Å². The lowest BCUT2D eigenvalue weighted by atomic mass is 9.65. The lowest BCUT2D eigenvalue weighted by Gasteiger charge is -2.41. The number of nitrogens with zero attached hydrogens (tertiary/aromatic N) is 3. The minimum absolute atomic E-state index is 0.0715. The molecular weight excluding hydrogens is 522 g/mol. The standard InChI is InChI=1S/C40H55N3/c1-9-31(3)39(25-27-42(5)6,37-23-15-19-33-17-11-13-21-35(33)37)29-41-30-40(32(4)10-2,26-28-43(7)8)38-24-16-20-34-18-12-14-22-36(34)38/h11-24,29,31-32H,9-10,25-28,30H2,1-8H3. The molecule has 4 unspecified atom stereocenters. The molecule has 0 heterocycles. The van der Waals surface area contributed by atoms with Gasteiger partial charge in [0.1, 0.15) is 0 Å². The average molecular weight is 578 g/mol. The van der Waals surface area contributed by atoms with Crippen molar-refractivity contribution in [3.63, 3.8) is 0 Å². The summed E-state index contributed by atoms with van der Waals surface area (Å²) in [5.41, 5.74) is 2.63. The molecule has 3 heteroatoms. The van der Waals surface area contributed by atoms with Gasteiger partial charge in [0.15, 0.2) is 0 Å². The molecule has 0 aliphatic rings. The van der Waals surface area contributed by atoms with Gasteiger partial charge in [-0.2, -0.15) is 0 Å². The van der Waals surface area contributed by atoms with E-state index in [0.717, 1.165) is 45.3 Å². The highest BCUT2D eigenvalue weighted by atomic mass is 15.1. The number of rotatable bonds is 15. The highest BCUT2D eigenvalue weighted by molar-refractivity contribution is 5.91. The van der Waals surface area contributed by atoms with Crippen LogP contribution in [-0.4, -0.2) is 63.8 Å². The van der Waals surface area contributed by atoms with Gasteiger partial charge in [0, 0.05) is 23.6 Å². The molecule has 0 amide bonds. The predicted octanol–water partition coefficient (Wildman–Crippen LogP) is 9.24. The molecule has 0 aliphatic heterocycles. The summed E-state index contributed by atoms with van der Waals surface area (Å²) in [4.78, 5) is 10.3. The Morgan fingerprint density at radius 1 is 0.628 bits per heavy atom. The zero-order valence-electron chi connectivity index (χ0n) is 28.1. The zero-order chi connectivity index (χ0) is 31.0. The summed E-state index contributed by atoms with van der Waals surface area (Å²) >= 11 is 0. The fourth-order valence-electron chi connectivity index (χ4n) is 7.12. The molecule has 4 aromatic rings. The van der Waals surface area contributed by atoms with E-state index in [-0.39, 0.29) is 10.8 Å². The van der Waals surface area contributed by atoms with Crippen LogP contribution in [0.25, 0.3) is 21.5 Å². The Hall–Kier alpha value is -3.01. The molecular formula is C40H55N3. The molecule has 3 nitrogen and oxygen atoms in total. The largest absolute Gasteiger partial charge is 0.309 e. The van der Waals surface area contributed by atoms with Crippen LogP contribution in [-0.2, 0) is 10.8 Å². The first-order valence-corrected chi connectivity index (χ1v) is 16.5. The minimum atomic E-state index is -0.165. The second-order valence-electron chi connectivity index (χ2n) is 13.4. The summed E-state index contributed by atoms with van der Waals surface area (Å²) in [6.45, 7) is 12.4. The van der Waals surface area contributed by atoms with Gasteiger partial charge in [-0.05, 0) is 98.6 Å². The average Bonchev–Trinajstić information content (AvgIpc) is 3.03. The molecule has 4 atom stereocenters. The molecule has 4 rings (SSSR count). The molecule has 230 valence electrons. The van der Waals surface area contributed by atoms with Crippen LogP contribution in [0.1, 0.15) is 64.5 Å². The fraction of sp³-hybridized carbons (Fsp3) is 0.475. The van der Waals surface area contributed by atoms with Crippen LogP contribution >= 0.6 is 0 Å². The number of hydrogen-bond donors (Lipinski definition) is 0.